The minimum absolute atomic E-state index is 0.0718. The molecule has 1 aliphatic heterocycles. The standard InChI is InChI=1S/C12H21N3O2S2/c1-4-13-7-11-9(2)14-12(18-11)15(3)10-5-6-19(16,17)8-10/h10,13H,4-8H2,1-3H3. The van der Waals surface area contributed by atoms with Crippen LogP contribution in [0, 0.1) is 6.92 Å². The summed E-state index contributed by atoms with van der Waals surface area (Å²) in [6, 6.07) is 0.0718. The van der Waals surface area contributed by atoms with Gasteiger partial charge in [0.2, 0.25) is 0 Å². The summed E-state index contributed by atoms with van der Waals surface area (Å²) in [5.74, 6) is 0.557. The third-order valence-corrected chi connectivity index (χ3v) is 6.47. The third-order valence-electron chi connectivity index (χ3n) is 3.47. The van der Waals surface area contributed by atoms with Crippen LogP contribution in [0.2, 0.25) is 0 Å². The Morgan fingerprint density at radius 1 is 1.53 bits per heavy atom. The number of hydrogen-bond donors (Lipinski definition) is 1. The van der Waals surface area contributed by atoms with E-state index in [1.54, 1.807) is 11.3 Å². The van der Waals surface area contributed by atoms with E-state index >= 15 is 0 Å². The quantitative estimate of drug-likeness (QED) is 0.885. The van der Waals surface area contributed by atoms with Crippen molar-refractivity contribution in [2.24, 2.45) is 0 Å². The average molecular weight is 303 g/mol. The average Bonchev–Trinajstić information content (AvgIpc) is 2.89. The topological polar surface area (TPSA) is 62.3 Å². The molecule has 1 unspecified atom stereocenters. The summed E-state index contributed by atoms with van der Waals surface area (Å²) in [6.45, 7) is 5.85. The maximum atomic E-state index is 11.5. The van der Waals surface area contributed by atoms with Crippen molar-refractivity contribution in [1.82, 2.24) is 10.3 Å². The van der Waals surface area contributed by atoms with E-state index in [-0.39, 0.29) is 11.8 Å². The molecule has 0 aliphatic carbocycles. The summed E-state index contributed by atoms with van der Waals surface area (Å²) in [5.41, 5.74) is 1.04. The molecule has 0 radical (unpaired) electrons. The van der Waals surface area contributed by atoms with Gasteiger partial charge in [0.1, 0.15) is 0 Å². The van der Waals surface area contributed by atoms with Crippen molar-refractivity contribution in [2.75, 3.05) is 30.0 Å². The molecule has 1 aromatic heterocycles. The lowest BCUT2D eigenvalue weighted by atomic mass is 10.2. The maximum Gasteiger partial charge on any atom is 0.185 e. The van der Waals surface area contributed by atoms with Crippen LogP contribution < -0.4 is 10.2 Å². The Morgan fingerprint density at radius 3 is 2.84 bits per heavy atom. The van der Waals surface area contributed by atoms with Crippen molar-refractivity contribution in [2.45, 2.75) is 32.9 Å². The molecule has 0 amide bonds. The molecule has 2 rings (SSSR count). The Morgan fingerprint density at radius 2 is 2.26 bits per heavy atom. The number of aromatic nitrogens is 1. The van der Waals surface area contributed by atoms with Crippen LogP contribution in [0.4, 0.5) is 5.13 Å². The monoisotopic (exact) mass is 303 g/mol. The minimum Gasteiger partial charge on any atom is -0.347 e. The Hall–Kier alpha value is -0.660. The zero-order chi connectivity index (χ0) is 14.0. The lowest BCUT2D eigenvalue weighted by Crippen LogP contribution is -2.32. The van der Waals surface area contributed by atoms with Crippen molar-refractivity contribution >= 4 is 26.3 Å². The van der Waals surface area contributed by atoms with Gasteiger partial charge in [0.25, 0.3) is 0 Å². The smallest absolute Gasteiger partial charge is 0.185 e. The molecule has 1 atom stereocenters. The van der Waals surface area contributed by atoms with Crippen LogP contribution in [-0.2, 0) is 16.4 Å². The van der Waals surface area contributed by atoms with Gasteiger partial charge in [-0.2, -0.15) is 0 Å². The molecule has 2 heterocycles. The number of anilines is 1. The summed E-state index contributed by atoms with van der Waals surface area (Å²) >= 11 is 1.65. The molecule has 0 bridgehead atoms. The molecule has 1 saturated heterocycles. The first-order valence-electron chi connectivity index (χ1n) is 6.53. The van der Waals surface area contributed by atoms with Crippen molar-refractivity contribution in [1.29, 1.82) is 0 Å². The van der Waals surface area contributed by atoms with Gasteiger partial charge in [0.05, 0.1) is 17.2 Å². The van der Waals surface area contributed by atoms with Crippen LogP contribution in [0.25, 0.3) is 0 Å². The van der Waals surface area contributed by atoms with Gasteiger partial charge in [-0.15, -0.1) is 11.3 Å². The van der Waals surface area contributed by atoms with E-state index in [2.05, 4.69) is 17.2 Å². The number of hydrogen-bond acceptors (Lipinski definition) is 6. The molecule has 1 fully saturated rings. The van der Waals surface area contributed by atoms with Gasteiger partial charge in [0, 0.05) is 24.5 Å². The highest BCUT2D eigenvalue weighted by atomic mass is 32.2. The predicted octanol–water partition coefficient (Wildman–Crippen LogP) is 1.18. The fourth-order valence-electron chi connectivity index (χ4n) is 2.20. The van der Waals surface area contributed by atoms with Crippen molar-refractivity contribution in [3.05, 3.63) is 10.6 Å². The zero-order valence-electron chi connectivity index (χ0n) is 11.6. The van der Waals surface area contributed by atoms with Crippen molar-refractivity contribution in [3.63, 3.8) is 0 Å². The highest BCUT2D eigenvalue weighted by Gasteiger charge is 2.32. The Bertz CT molecular complexity index is 539. The molecule has 0 saturated carbocycles. The highest BCUT2D eigenvalue weighted by Crippen LogP contribution is 2.29. The van der Waals surface area contributed by atoms with Gasteiger partial charge in [-0.3, -0.25) is 0 Å². The number of nitrogens with one attached hydrogen (secondary N) is 1. The van der Waals surface area contributed by atoms with Gasteiger partial charge in [-0.1, -0.05) is 6.92 Å². The zero-order valence-corrected chi connectivity index (χ0v) is 13.3. The van der Waals surface area contributed by atoms with Crippen LogP contribution in [0.1, 0.15) is 23.9 Å². The van der Waals surface area contributed by atoms with Gasteiger partial charge in [0.15, 0.2) is 15.0 Å². The molecular weight excluding hydrogens is 282 g/mol. The van der Waals surface area contributed by atoms with E-state index in [9.17, 15) is 8.42 Å². The molecule has 1 N–H and O–H groups in total. The summed E-state index contributed by atoms with van der Waals surface area (Å²) in [4.78, 5) is 7.82. The van der Waals surface area contributed by atoms with Crippen LogP contribution in [0.15, 0.2) is 0 Å². The summed E-state index contributed by atoms with van der Waals surface area (Å²) < 4.78 is 23.1. The lowest BCUT2D eigenvalue weighted by molar-refractivity contribution is 0.601. The van der Waals surface area contributed by atoms with Gasteiger partial charge >= 0.3 is 0 Å². The van der Waals surface area contributed by atoms with Gasteiger partial charge < -0.3 is 10.2 Å². The molecule has 0 spiro atoms. The first-order valence-corrected chi connectivity index (χ1v) is 9.17. The van der Waals surface area contributed by atoms with Crippen molar-refractivity contribution < 1.29 is 8.42 Å². The molecule has 7 heteroatoms. The molecule has 0 aromatic carbocycles. The second-order valence-corrected chi connectivity index (χ2v) is 8.24. The van der Waals surface area contributed by atoms with Crippen LogP contribution in [0.3, 0.4) is 0 Å². The molecule has 1 aliphatic rings. The number of thiazole rings is 1. The second-order valence-electron chi connectivity index (χ2n) is 4.95. The first-order chi connectivity index (χ1) is 8.93. The molecule has 5 nitrogen and oxygen atoms in total. The number of aryl methyl sites for hydroxylation is 1. The fraction of sp³-hybridized carbons (Fsp3) is 0.750. The SMILES string of the molecule is CCNCc1sc(N(C)C2CCS(=O)(=O)C2)nc1C. The van der Waals surface area contributed by atoms with E-state index in [1.807, 2.05) is 18.9 Å². The minimum atomic E-state index is -2.84. The Balaban J connectivity index is 2.09. The predicted molar refractivity (Wildman–Crippen MR) is 79.7 cm³/mol. The van der Waals surface area contributed by atoms with Crippen LogP contribution >= 0.6 is 11.3 Å². The van der Waals surface area contributed by atoms with Crippen LogP contribution in [0.5, 0.6) is 0 Å². The Labute approximate surface area is 119 Å². The summed E-state index contributed by atoms with van der Waals surface area (Å²) in [5, 5.41) is 4.22. The lowest BCUT2D eigenvalue weighted by Gasteiger charge is -2.22. The molecule has 1 aromatic rings. The number of nitrogens with zero attached hydrogens (tertiary/aromatic N) is 2. The Kier molecular flexibility index (Phi) is 4.47. The number of sulfone groups is 1. The summed E-state index contributed by atoms with van der Waals surface area (Å²) in [7, 11) is -0.898. The van der Waals surface area contributed by atoms with E-state index in [0.29, 0.717) is 12.2 Å². The van der Waals surface area contributed by atoms with E-state index in [1.165, 1.54) is 4.88 Å². The van der Waals surface area contributed by atoms with Gasteiger partial charge in [-0.25, -0.2) is 13.4 Å². The molecule has 19 heavy (non-hydrogen) atoms. The van der Waals surface area contributed by atoms with E-state index in [0.717, 1.165) is 23.9 Å². The fourth-order valence-corrected chi connectivity index (χ4v) is 5.04. The third kappa shape index (κ3) is 3.46. The number of rotatable bonds is 5. The molecular formula is C12H21N3O2S2. The highest BCUT2D eigenvalue weighted by molar-refractivity contribution is 7.91. The van der Waals surface area contributed by atoms with Gasteiger partial charge in [-0.05, 0) is 19.9 Å². The second kappa shape index (κ2) is 5.76. The first kappa shape index (κ1) is 14.7. The molecule has 108 valence electrons. The van der Waals surface area contributed by atoms with Crippen molar-refractivity contribution in [3.8, 4) is 0 Å². The normalized spacial score (nSPS) is 21.7. The van der Waals surface area contributed by atoms with E-state index < -0.39 is 9.84 Å². The van der Waals surface area contributed by atoms with E-state index in [4.69, 9.17) is 0 Å². The largest absolute Gasteiger partial charge is 0.347 e. The van der Waals surface area contributed by atoms with Crippen LogP contribution in [-0.4, -0.2) is 44.5 Å². The summed E-state index contributed by atoms with van der Waals surface area (Å²) in [6.07, 6.45) is 0.708. The maximum absolute atomic E-state index is 11.5.